The van der Waals surface area contributed by atoms with Gasteiger partial charge >= 0.3 is 0 Å². The van der Waals surface area contributed by atoms with Gasteiger partial charge in [-0.3, -0.25) is 0 Å². The van der Waals surface area contributed by atoms with Gasteiger partial charge in [0.15, 0.2) is 11.5 Å². The van der Waals surface area contributed by atoms with Gasteiger partial charge in [-0.05, 0) is 18.2 Å². The van der Waals surface area contributed by atoms with E-state index >= 15 is 0 Å². The summed E-state index contributed by atoms with van der Waals surface area (Å²) in [6.07, 6.45) is 0. The molecule has 0 aliphatic carbocycles. The number of fused-ring (bicyclic) bond motifs is 1. The van der Waals surface area contributed by atoms with Crippen LogP contribution in [0.25, 0.3) is 0 Å². The summed E-state index contributed by atoms with van der Waals surface area (Å²) in [6, 6.07) is 5.76. The lowest BCUT2D eigenvalue weighted by Crippen LogP contribution is -2.30. The highest BCUT2D eigenvalue weighted by Gasteiger charge is 2.16. The SMILES string of the molecule is [HH].c1cc2c(cc1C1=NCNN1)OCO2. The first kappa shape index (κ1) is 7.64. The quantitative estimate of drug-likeness (QED) is 0.681. The highest BCUT2D eigenvalue weighted by Crippen LogP contribution is 2.32. The Balaban J connectivity index is 0.000000853. The number of hydrogen-bond donors (Lipinski definition) is 2. The number of hydrogen-bond acceptors (Lipinski definition) is 5. The highest BCUT2D eigenvalue weighted by atomic mass is 16.7. The van der Waals surface area contributed by atoms with Crippen molar-refractivity contribution in [3.8, 4) is 11.5 Å². The summed E-state index contributed by atoms with van der Waals surface area (Å²) in [4.78, 5) is 4.23. The molecule has 5 heteroatoms. The number of nitrogens with one attached hydrogen (secondary N) is 2. The van der Waals surface area contributed by atoms with Crippen LogP contribution in [0, 0.1) is 0 Å². The molecule has 0 radical (unpaired) electrons. The van der Waals surface area contributed by atoms with Gasteiger partial charge in [0.05, 0.1) is 0 Å². The van der Waals surface area contributed by atoms with Crippen molar-refractivity contribution in [1.82, 2.24) is 10.9 Å². The molecule has 0 spiro atoms. The zero-order chi connectivity index (χ0) is 9.38. The second-order valence-electron chi connectivity index (χ2n) is 3.03. The minimum absolute atomic E-state index is 0. The fraction of sp³-hybridized carbons (Fsp3) is 0.222. The van der Waals surface area contributed by atoms with Crippen molar-refractivity contribution in [1.29, 1.82) is 0 Å². The molecule has 0 unspecified atom stereocenters. The number of aliphatic imine (C=N–C) groups is 1. The number of amidine groups is 1. The van der Waals surface area contributed by atoms with Crippen LogP contribution >= 0.6 is 0 Å². The van der Waals surface area contributed by atoms with E-state index in [1.165, 1.54) is 0 Å². The molecule has 2 heterocycles. The molecule has 14 heavy (non-hydrogen) atoms. The standard InChI is InChI=1S/C9H9N3O2.H2/c1-2-7-8(14-5-13-7)3-6(1)9-10-4-11-12-9;/h1-3,11H,4-5H2,(H,10,12);1H. The molecule has 3 rings (SSSR count). The van der Waals surface area contributed by atoms with Gasteiger partial charge in [-0.15, -0.1) is 0 Å². The molecule has 2 aliphatic heterocycles. The van der Waals surface area contributed by atoms with Crippen molar-refractivity contribution >= 4 is 5.84 Å². The van der Waals surface area contributed by atoms with E-state index in [0.717, 1.165) is 22.9 Å². The van der Waals surface area contributed by atoms with E-state index in [4.69, 9.17) is 9.47 Å². The summed E-state index contributed by atoms with van der Waals surface area (Å²) in [5.74, 6) is 2.41. The summed E-state index contributed by atoms with van der Waals surface area (Å²) in [6.45, 7) is 0.903. The van der Waals surface area contributed by atoms with Crippen LogP contribution in [0.15, 0.2) is 23.2 Å². The van der Waals surface area contributed by atoms with Crippen LogP contribution in [-0.2, 0) is 0 Å². The maximum absolute atomic E-state index is 5.27. The molecule has 0 saturated carbocycles. The van der Waals surface area contributed by atoms with Crippen LogP contribution in [0.5, 0.6) is 11.5 Å². The number of ether oxygens (including phenoxy) is 2. The molecule has 2 aliphatic rings. The Morgan fingerprint density at radius 3 is 3.07 bits per heavy atom. The van der Waals surface area contributed by atoms with Crippen molar-refractivity contribution in [2.75, 3.05) is 13.5 Å². The first-order valence-electron chi connectivity index (χ1n) is 4.37. The molecule has 1 aromatic carbocycles. The fourth-order valence-electron chi connectivity index (χ4n) is 1.49. The zero-order valence-corrected chi connectivity index (χ0v) is 7.41. The van der Waals surface area contributed by atoms with Gasteiger partial charge < -0.3 is 14.9 Å². The van der Waals surface area contributed by atoms with Crippen molar-refractivity contribution < 1.29 is 10.9 Å². The molecule has 0 amide bonds. The minimum Gasteiger partial charge on any atom is -0.454 e. The second-order valence-corrected chi connectivity index (χ2v) is 3.03. The van der Waals surface area contributed by atoms with Gasteiger partial charge in [0, 0.05) is 6.99 Å². The lowest BCUT2D eigenvalue weighted by atomic mass is 10.2. The van der Waals surface area contributed by atoms with Crippen LogP contribution in [-0.4, -0.2) is 19.3 Å². The molecular weight excluding hydrogens is 182 g/mol. The van der Waals surface area contributed by atoms with E-state index < -0.39 is 0 Å². The van der Waals surface area contributed by atoms with Crippen molar-refractivity contribution in [2.24, 2.45) is 4.99 Å². The van der Waals surface area contributed by atoms with Gasteiger partial charge in [0.1, 0.15) is 12.5 Å². The fourth-order valence-corrected chi connectivity index (χ4v) is 1.49. The zero-order valence-electron chi connectivity index (χ0n) is 7.41. The van der Waals surface area contributed by atoms with Gasteiger partial charge in [-0.1, -0.05) is 0 Å². The normalized spacial score (nSPS) is 17.9. The lowest BCUT2D eigenvalue weighted by molar-refractivity contribution is 0.174. The van der Waals surface area contributed by atoms with Crippen molar-refractivity contribution in [2.45, 2.75) is 0 Å². The molecule has 0 fully saturated rings. The number of benzene rings is 1. The summed E-state index contributed by atoms with van der Waals surface area (Å²) in [5, 5.41) is 0. The molecule has 0 bridgehead atoms. The molecule has 1 aromatic rings. The highest BCUT2D eigenvalue weighted by molar-refractivity contribution is 5.99. The van der Waals surface area contributed by atoms with E-state index in [1.54, 1.807) is 0 Å². The van der Waals surface area contributed by atoms with Crippen molar-refractivity contribution in [3.63, 3.8) is 0 Å². The largest absolute Gasteiger partial charge is 0.454 e. The van der Waals surface area contributed by atoms with E-state index in [-0.39, 0.29) is 1.43 Å². The van der Waals surface area contributed by atoms with E-state index in [1.807, 2.05) is 18.2 Å². The Hall–Kier alpha value is -1.75. The monoisotopic (exact) mass is 193 g/mol. The summed E-state index contributed by atoms with van der Waals surface area (Å²) < 4.78 is 10.5. The third kappa shape index (κ3) is 1.10. The maximum atomic E-state index is 5.27. The Kier molecular flexibility index (Phi) is 1.57. The van der Waals surface area contributed by atoms with Gasteiger partial charge in [-0.25, -0.2) is 10.4 Å². The predicted octanol–water partition coefficient (Wildman–Crippen LogP) is 0.473. The van der Waals surface area contributed by atoms with E-state index in [0.29, 0.717) is 13.5 Å². The van der Waals surface area contributed by atoms with Crippen LogP contribution in [0.1, 0.15) is 6.99 Å². The third-order valence-electron chi connectivity index (χ3n) is 2.17. The number of nitrogens with zero attached hydrogens (tertiary/aromatic N) is 1. The number of hydrazine groups is 1. The van der Waals surface area contributed by atoms with Crippen molar-refractivity contribution in [3.05, 3.63) is 23.8 Å². The molecule has 0 saturated heterocycles. The van der Waals surface area contributed by atoms with Crippen LogP contribution in [0.3, 0.4) is 0 Å². The molecule has 0 aromatic heterocycles. The molecular formula is C9H11N3O2. The molecule has 2 N–H and O–H groups in total. The molecule has 5 nitrogen and oxygen atoms in total. The average Bonchev–Trinajstić information content (AvgIpc) is 2.88. The van der Waals surface area contributed by atoms with Crippen LogP contribution < -0.4 is 20.3 Å². The lowest BCUT2D eigenvalue weighted by Gasteiger charge is -2.02. The maximum Gasteiger partial charge on any atom is 0.231 e. The van der Waals surface area contributed by atoms with Gasteiger partial charge in [0.2, 0.25) is 6.79 Å². The Morgan fingerprint density at radius 2 is 2.21 bits per heavy atom. The second kappa shape index (κ2) is 2.88. The first-order chi connectivity index (χ1) is 6.93. The summed E-state index contributed by atoms with van der Waals surface area (Å²) >= 11 is 0. The summed E-state index contributed by atoms with van der Waals surface area (Å²) in [5.41, 5.74) is 6.88. The molecule has 0 atom stereocenters. The predicted molar refractivity (Wildman–Crippen MR) is 52.4 cm³/mol. The Bertz CT molecular complexity index is 408. The van der Waals surface area contributed by atoms with E-state index in [9.17, 15) is 0 Å². The first-order valence-corrected chi connectivity index (χ1v) is 4.37. The Morgan fingerprint density at radius 1 is 1.29 bits per heavy atom. The average molecular weight is 193 g/mol. The Labute approximate surface area is 82.2 Å². The third-order valence-corrected chi connectivity index (χ3v) is 2.17. The smallest absolute Gasteiger partial charge is 0.231 e. The van der Waals surface area contributed by atoms with Crippen LogP contribution in [0.2, 0.25) is 0 Å². The molecule has 74 valence electrons. The van der Waals surface area contributed by atoms with E-state index in [2.05, 4.69) is 15.8 Å². The minimum atomic E-state index is 0. The number of rotatable bonds is 1. The summed E-state index contributed by atoms with van der Waals surface area (Å²) in [7, 11) is 0. The van der Waals surface area contributed by atoms with Gasteiger partial charge in [0.25, 0.3) is 0 Å². The topological polar surface area (TPSA) is 54.9 Å². The van der Waals surface area contributed by atoms with Crippen LogP contribution in [0.4, 0.5) is 0 Å². The van der Waals surface area contributed by atoms with Gasteiger partial charge in [-0.2, -0.15) is 0 Å².